The minimum atomic E-state index is -4.96. The molecule has 3 unspecified atom stereocenters. The Labute approximate surface area is 580 Å². The summed E-state index contributed by atoms with van der Waals surface area (Å²) in [4.78, 5) is 72.8. The number of allylic oxidation sites excluding steroid dienone is 4. The highest BCUT2D eigenvalue weighted by Gasteiger charge is 2.30. The number of aliphatic hydroxyl groups is 1. The van der Waals surface area contributed by atoms with Gasteiger partial charge in [-0.05, 0) is 69.1 Å². The third-order valence-corrected chi connectivity index (χ3v) is 19.3. The van der Waals surface area contributed by atoms with Gasteiger partial charge in [-0.25, -0.2) is 9.13 Å². The third-order valence-electron chi connectivity index (χ3n) is 17.4. The molecule has 0 aromatic rings. The van der Waals surface area contributed by atoms with Crippen LogP contribution in [-0.2, 0) is 65.4 Å². The van der Waals surface area contributed by atoms with E-state index in [1.165, 1.54) is 154 Å². The van der Waals surface area contributed by atoms with E-state index < -0.39 is 97.5 Å². The van der Waals surface area contributed by atoms with E-state index in [2.05, 4.69) is 72.8 Å². The number of hydrogen-bond donors (Lipinski definition) is 3. The Bertz CT molecular complexity index is 1950. The Morgan fingerprint density at radius 3 is 0.937 bits per heavy atom. The van der Waals surface area contributed by atoms with Crippen molar-refractivity contribution in [3.63, 3.8) is 0 Å². The number of carbonyl (C=O) groups is 4. The number of rotatable bonds is 72. The summed E-state index contributed by atoms with van der Waals surface area (Å²) < 4.78 is 68.5. The number of phosphoric acid groups is 2. The molecule has 0 aliphatic heterocycles. The van der Waals surface area contributed by atoms with Crippen molar-refractivity contribution in [1.29, 1.82) is 0 Å². The Balaban J connectivity index is 5.28. The Hall–Kier alpha value is -2.46. The molecule has 0 saturated heterocycles. The van der Waals surface area contributed by atoms with Crippen LogP contribution in [0.15, 0.2) is 24.3 Å². The first kappa shape index (κ1) is 92.5. The highest BCUT2D eigenvalue weighted by Crippen LogP contribution is 2.45. The smallest absolute Gasteiger partial charge is 0.462 e. The molecular formula is C76H144O17P2. The van der Waals surface area contributed by atoms with Gasteiger partial charge in [-0.2, -0.15) is 0 Å². The first-order chi connectivity index (χ1) is 45.8. The third kappa shape index (κ3) is 68.5. The fourth-order valence-electron chi connectivity index (χ4n) is 11.0. The fourth-order valence-corrected chi connectivity index (χ4v) is 12.6. The van der Waals surface area contributed by atoms with E-state index in [0.717, 1.165) is 127 Å². The molecule has 17 nitrogen and oxygen atoms in total. The largest absolute Gasteiger partial charge is 0.472 e. The lowest BCUT2D eigenvalue weighted by molar-refractivity contribution is -0.161. The van der Waals surface area contributed by atoms with Gasteiger partial charge in [0.05, 0.1) is 26.4 Å². The van der Waals surface area contributed by atoms with Crippen molar-refractivity contribution in [2.45, 2.75) is 381 Å². The van der Waals surface area contributed by atoms with Crippen LogP contribution in [0.1, 0.15) is 363 Å². The predicted molar refractivity (Wildman–Crippen MR) is 386 cm³/mol. The topological polar surface area (TPSA) is 237 Å². The minimum absolute atomic E-state index is 0.0838. The highest BCUT2D eigenvalue weighted by molar-refractivity contribution is 7.47. The molecular weight excluding hydrogens is 1250 g/mol. The molecule has 0 radical (unpaired) electrons. The lowest BCUT2D eigenvalue weighted by Gasteiger charge is -2.21. The van der Waals surface area contributed by atoms with Gasteiger partial charge in [0.2, 0.25) is 0 Å². The Morgan fingerprint density at radius 2 is 0.621 bits per heavy atom. The maximum absolute atomic E-state index is 13.1. The highest BCUT2D eigenvalue weighted by atomic mass is 31.2. The van der Waals surface area contributed by atoms with Crippen molar-refractivity contribution in [3.8, 4) is 0 Å². The standard InChI is InChI=1S/C76H144O17P2/c1-8-10-11-12-13-14-15-16-17-22-25-31-36-45-52-59-75(80)93-72(64-87-74(79)58-51-44-39-38-42-49-56-69(7)9-2)66-91-95(84,85)89-62-70(77)61-88-94(82,83)90-65-71(92-76(81)60-53-46-37-32-27-26-29-34-41-48-55-68(5)6)63-86-73(78)57-50-43-35-30-24-21-19-18-20-23-28-33-40-47-54-67(3)4/h14-17,67-72,77H,8-13,18-66H2,1-7H3,(H,82,83)(H,84,85)/b15-14-,17-16-/t69?,70-,71-,72-/m1/s1. The molecule has 0 saturated carbocycles. The molecule has 3 N–H and O–H groups in total. The molecule has 560 valence electrons. The van der Waals surface area contributed by atoms with Crippen LogP contribution in [0.4, 0.5) is 0 Å². The zero-order valence-corrected chi connectivity index (χ0v) is 63.4. The summed E-state index contributed by atoms with van der Waals surface area (Å²) in [5, 5.41) is 10.6. The van der Waals surface area contributed by atoms with Crippen molar-refractivity contribution in [2.75, 3.05) is 39.6 Å². The van der Waals surface area contributed by atoms with E-state index in [1.54, 1.807) is 0 Å². The van der Waals surface area contributed by atoms with Gasteiger partial charge in [0.1, 0.15) is 19.3 Å². The van der Waals surface area contributed by atoms with Gasteiger partial charge in [-0.1, -0.05) is 310 Å². The molecule has 6 atom stereocenters. The van der Waals surface area contributed by atoms with Crippen LogP contribution in [0.2, 0.25) is 0 Å². The number of aliphatic hydroxyl groups excluding tert-OH is 1. The lowest BCUT2D eigenvalue weighted by atomic mass is 10.00. The monoisotopic (exact) mass is 1390 g/mol. The van der Waals surface area contributed by atoms with Gasteiger partial charge in [-0.3, -0.25) is 37.3 Å². The summed E-state index contributed by atoms with van der Waals surface area (Å²) in [7, 11) is -9.93. The Morgan fingerprint density at radius 1 is 0.347 bits per heavy atom. The van der Waals surface area contributed by atoms with E-state index in [-0.39, 0.29) is 25.7 Å². The average Bonchev–Trinajstić information content (AvgIpc) is 1.41. The van der Waals surface area contributed by atoms with Crippen LogP contribution in [-0.4, -0.2) is 96.7 Å². The van der Waals surface area contributed by atoms with Crippen LogP contribution in [0.3, 0.4) is 0 Å². The predicted octanol–water partition coefficient (Wildman–Crippen LogP) is 21.7. The summed E-state index contributed by atoms with van der Waals surface area (Å²) in [6.07, 6.45) is 54.9. The Kier molecular flexibility index (Phi) is 64.4. The average molecular weight is 1390 g/mol. The number of carbonyl (C=O) groups excluding carboxylic acids is 4. The van der Waals surface area contributed by atoms with Crippen molar-refractivity contribution in [2.24, 2.45) is 17.8 Å². The lowest BCUT2D eigenvalue weighted by Crippen LogP contribution is -2.30. The maximum Gasteiger partial charge on any atom is 0.472 e. The van der Waals surface area contributed by atoms with Gasteiger partial charge in [0, 0.05) is 25.7 Å². The molecule has 0 aliphatic rings. The van der Waals surface area contributed by atoms with E-state index in [1.807, 2.05) is 0 Å². The van der Waals surface area contributed by atoms with Crippen LogP contribution in [0, 0.1) is 17.8 Å². The minimum Gasteiger partial charge on any atom is -0.462 e. The van der Waals surface area contributed by atoms with Gasteiger partial charge < -0.3 is 33.8 Å². The number of hydrogen-bond acceptors (Lipinski definition) is 15. The van der Waals surface area contributed by atoms with Gasteiger partial charge in [0.25, 0.3) is 0 Å². The number of esters is 4. The summed E-state index contributed by atoms with van der Waals surface area (Å²) in [6, 6.07) is 0. The summed E-state index contributed by atoms with van der Waals surface area (Å²) in [5.74, 6) is 0.126. The quantitative estimate of drug-likeness (QED) is 0.0169. The number of phosphoric ester groups is 2. The van der Waals surface area contributed by atoms with Crippen molar-refractivity contribution >= 4 is 39.5 Å². The van der Waals surface area contributed by atoms with E-state index in [4.69, 9.17) is 37.0 Å². The maximum atomic E-state index is 13.1. The fraction of sp³-hybridized carbons (Fsp3) is 0.895. The van der Waals surface area contributed by atoms with Gasteiger partial charge in [0.15, 0.2) is 12.2 Å². The molecule has 0 aromatic carbocycles. The first-order valence-electron chi connectivity index (χ1n) is 38.7. The zero-order chi connectivity index (χ0) is 70.1. The molecule has 0 aromatic heterocycles. The summed E-state index contributed by atoms with van der Waals surface area (Å²) in [5.41, 5.74) is 0. The molecule has 0 rings (SSSR count). The molecule has 0 bridgehead atoms. The van der Waals surface area contributed by atoms with Crippen molar-refractivity contribution < 1.29 is 80.2 Å². The van der Waals surface area contributed by atoms with Crippen LogP contribution in [0.5, 0.6) is 0 Å². The SMILES string of the molecule is CCCCCC/C=C\C=C/CCCCCCCC(=O)O[C@H](COC(=O)CCCCCCCCC(C)CC)COP(=O)(O)OC[C@H](O)COP(=O)(O)OC[C@@H](COC(=O)CCCCCCCCCCCCCCCCC(C)C)OC(=O)CCCCCCCCCCCCC(C)C. The van der Waals surface area contributed by atoms with Gasteiger partial charge >= 0.3 is 39.5 Å². The first-order valence-corrected chi connectivity index (χ1v) is 41.7. The van der Waals surface area contributed by atoms with Crippen molar-refractivity contribution in [3.05, 3.63) is 24.3 Å². The second-order valence-corrected chi connectivity index (χ2v) is 30.8. The summed E-state index contributed by atoms with van der Waals surface area (Å²) in [6.45, 7) is 11.8. The van der Waals surface area contributed by atoms with E-state index in [9.17, 15) is 43.2 Å². The number of ether oxygens (including phenoxy) is 4. The second kappa shape index (κ2) is 66.1. The number of unbranched alkanes of at least 4 members (excludes halogenated alkanes) is 36. The molecule has 0 spiro atoms. The van der Waals surface area contributed by atoms with E-state index >= 15 is 0 Å². The molecule has 0 amide bonds. The van der Waals surface area contributed by atoms with Crippen molar-refractivity contribution in [1.82, 2.24) is 0 Å². The van der Waals surface area contributed by atoms with Gasteiger partial charge in [-0.15, -0.1) is 0 Å². The zero-order valence-electron chi connectivity index (χ0n) is 61.6. The molecule has 95 heavy (non-hydrogen) atoms. The second-order valence-electron chi connectivity index (χ2n) is 27.9. The molecule has 19 heteroatoms. The summed E-state index contributed by atoms with van der Waals surface area (Å²) >= 11 is 0. The van der Waals surface area contributed by atoms with E-state index in [0.29, 0.717) is 25.7 Å². The van der Waals surface area contributed by atoms with Crippen LogP contribution >= 0.6 is 15.6 Å². The van der Waals surface area contributed by atoms with Crippen LogP contribution in [0.25, 0.3) is 0 Å². The van der Waals surface area contributed by atoms with Crippen LogP contribution < -0.4 is 0 Å². The normalized spacial score (nSPS) is 14.5. The molecule has 0 fully saturated rings. The molecule has 0 aliphatic carbocycles. The molecule has 0 heterocycles.